The largest absolute Gasteiger partial charge is 0.333 e. The molecule has 0 spiro atoms. The number of imide groups is 2. The van der Waals surface area contributed by atoms with Crippen molar-refractivity contribution in [1.82, 2.24) is 9.80 Å². The van der Waals surface area contributed by atoms with E-state index in [0.29, 0.717) is 9.80 Å². The first kappa shape index (κ1) is 23.0. The van der Waals surface area contributed by atoms with E-state index in [1.165, 1.54) is 0 Å². The lowest BCUT2D eigenvalue weighted by Crippen LogP contribution is -2.56. The number of alkyl halides is 2. The third kappa shape index (κ3) is 5.34. The fourth-order valence-electron chi connectivity index (χ4n) is 3.08. The molecule has 2 aromatic carbocycles. The Labute approximate surface area is 184 Å². The van der Waals surface area contributed by atoms with E-state index in [2.05, 4.69) is 0 Å². The molecule has 1 heterocycles. The van der Waals surface area contributed by atoms with Crippen molar-refractivity contribution in [1.29, 1.82) is 0 Å². The average Bonchev–Trinajstić information content (AvgIpc) is 2.66. The molecule has 2 aromatic rings. The van der Waals surface area contributed by atoms with Crippen molar-refractivity contribution in [2.24, 2.45) is 0 Å². The lowest BCUT2D eigenvalue weighted by atomic mass is 10.1. The molecule has 0 saturated carbocycles. The van der Waals surface area contributed by atoms with Gasteiger partial charge in [0.15, 0.2) is 0 Å². The highest BCUT2D eigenvalue weighted by Crippen LogP contribution is 2.28. The quantitative estimate of drug-likeness (QED) is 0.426. The van der Waals surface area contributed by atoms with Gasteiger partial charge in [0.25, 0.3) is 0 Å². The number of hydrogen-bond donors (Lipinski definition) is 0. The monoisotopic (exact) mass is 476 g/mol. The maximum atomic E-state index is 14.7. The normalized spacial score (nSPS) is 16.6. The van der Waals surface area contributed by atoms with Crippen molar-refractivity contribution in [3.63, 3.8) is 0 Å². The van der Waals surface area contributed by atoms with Crippen molar-refractivity contribution in [2.45, 2.75) is 18.8 Å². The van der Waals surface area contributed by atoms with Crippen molar-refractivity contribution >= 4 is 41.0 Å². The van der Waals surface area contributed by atoms with Crippen LogP contribution >= 0.6 is 23.2 Å². The maximum absolute atomic E-state index is 14.7. The molecule has 0 radical (unpaired) electrons. The number of carbonyl (C=O) groups excluding carboxylic acids is 3. The third-order valence-corrected chi connectivity index (χ3v) is 4.98. The van der Waals surface area contributed by atoms with Crippen molar-refractivity contribution in [3.05, 3.63) is 69.2 Å². The summed E-state index contributed by atoms with van der Waals surface area (Å²) in [4.78, 5) is 37.8. The predicted octanol–water partition coefficient (Wildman–Crippen LogP) is 5.17. The number of barbiturate groups is 1. The van der Waals surface area contributed by atoms with Crippen LogP contribution in [0.5, 0.6) is 0 Å². The van der Waals surface area contributed by atoms with E-state index < -0.39 is 61.3 Å². The molecule has 0 aromatic heterocycles. The Morgan fingerprint density at radius 1 is 0.742 bits per heavy atom. The molecule has 1 aliphatic rings. The van der Waals surface area contributed by atoms with E-state index in [9.17, 15) is 31.9 Å². The van der Waals surface area contributed by atoms with E-state index in [1.54, 1.807) is 0 Å². The number of rotatable bonds is 6. The second-order valence-corrected chi connectivity index (χ2v) is 7.68. The summed E-state index contributed by atoms with van der Waals surface area (Å²) < 4.78 is 56.3. The molecule has 2 atom stereocenters. The zero-order chi connectivity index (χ0) is 22.9. The molecule has 5 nitrogen and oxygen atoms in total. The molecular weight excluding hydrogens is 463 g/mol. The van der Waals surface area contributed by atoms with Gasteiger partial charge in [-0.1, -0.05) is 23.2 Å². The Morgan fingerprint density at radius 3 is 1.48 bits per heavy atom. The number of hydrogen-bond acceptors (Lipinski definition) is 3. The van der Waals surface area contributed by atoms with E-state index in [0.717, 1.165) is 36.4 Å². The van der Waals surface area contributed by atoms with Crippen LogP contribution in [-0.4, -0.2) is 40.7 Å². The molecule has 0 N–H and O–H groups in total. The maximum Gasteiger partial charge on any atom is 0.333 e. The van der Waals surface area contributed by atoms with Gasteiger partial charge in [-0.05, 0) is 47.5 Å². The zero-order valence-electron chi connectivity index (χ0n) is 15.6. The molecule has 1 aliphatic heterocycles. The molecule has 1 saturated heterocycles. The molecule has 31 heavy (non-hydrogen) atoms. The molecule has 0 bridgehead atoms. The number of halogens is 6. The predicted molar refractivity (Wildman–Crippen MR) is 104 cm³/mol. The van der Waals surface area contributed by atoms with Gasteiger partial charge in [-0.3, -0.25) is 19.4 Å². The Bertz CT molecular complexity index is 933. The van der Waals surface area contributed by atoms with Crippen LogP contribution in [0, 0.1) is 11.6 Å². The highest BCUT2D eigenvalue weighted by Gasteiger charge is 2.40. The summed E-state index contributed by atoms with van der Waals surface area (Å²) in [6, 6.07) is 4.62. The van der Waals surface area contributed by atoms with Crippen LogP contribution in [0.3, 0.4) is 0 Å². The highest BCUT2D eigenvalue weighted by molar-refractivity contribution is 6.31. The van der Waals surface area contributed by atoms with E-state index in [1.807, 2.05) is 0 Å². The number of carbonyl (C=O) groups is 3. The average molecular weight is 477 g/mol. The van der Waals surface area contributed by atoms with Crippen LogP contribution in [0.4, 0.5) is 22.4 Å². The van der Waals surface area contributed by atoms with Crippen LogP contribution in [0.15, 0.2) is 36.4 Å². The van der Waals surface area contributed by atoms with Gasteiger partial charge in [0.2, 0.25) is 11.8 Å². The van der Waals surface area contributed by atoms with Crippen LogP contribution in [0.1, 0.15) is 29.9 Å². The summed E-state index contributed by atoms with van der Waals surface area (Å²) in [6.45, 7) is -1.66. The summed E-state index contributed by atoms with van der Waals surface area (Å²) in [5.41, 5.74) is -0.432. The van der Waals surface area contributed by atoms with E-state index >= 15 is 0 Å². The Hall–Kier alpha value is -2.65. The fraction of sp³-hybridized carbons (Fsp3) is 0.250. The topological polar surface area (TPSA) is 57.7 Å². The second-order valence-electron chi connectivity index (χ2n) is 6.81. The SMILES string of the molecule is O=C1CC(=O)N(C[C@@H](F)c2cc(F)cc(Cl)c2)C(=O)N1C[C@@H](F)c1cc(F)cc(Cl)c1. The van der Waals surface area contributed by atoms with Gasteiger partial charge in [-0.15, -0.1) is 0 Å². The Kier molecular flexibility index (Phi) is 6.86. The first-order valence-corrected chi connectivity index (χ1v) is 9.65. The summed E-state index contributed by atoms with van der Waals surface area (Å²) in [7, 11) is 0. The molecule has 164 valence electrons. The zero-order valence-corrected chi connectivity index (χ0v) is 17.1. The molecule has 11 heteroatoms. The highest BCUT2D eigenvalue weighted by atomic mass is 35.5. The minimum Gasteiger partial charge on any atom is -0.274 e. The van der Waals surface area contributed by atoms with Gasteiger partial charge >= 0.3 is 6.03 Å². The van der Waals surface area contributed by atoms with Gasteiger partial charge in [-0.25, -0.2) is 22.4 Å². The van der Waals surface area contributed by atoms with Gasteiger partial charge < -0.3 is 0 Å². The molecule has 3 rings (SSSR count). The standard InChI is InChI=1S/C20H14Cl2F4N2O3/c21-12-1-10(3-14(23)5-12)16(25)8-27-18(29)7-19(30)28(20(27)31)9-17(26)11-2-13(22)6-15(24)4-11/h1-6,16-17H,7-9H2/t16-,17-/m1/s1. The first-order valence-electron chi connectivity index (χ1n) is 8.90. The molecule has 0 aliphatic carbocycles. The summed E-state index contributed by atoms with van der Waals surface area (Å²) >= 11 is 11.4. The van der Waals surface area contributed by atoms with Gasteiger partial charge in [0.05, 0.1) is 13.1 Å². The number of amides is 4. The van der Waals surface area contributed by atoms with Crippen molar-refractivity contribution < 1.29 is 31.9 Å². The van der Waals surface area contributed by atoms with Gasteiger partial charge in [-0.2, -0.15) is 0 Å². The lowest BCUT2D eigenvalue weighted by Gasteiger charge is -2.34. The summed E-state index contributed by atoms with van der Waals surface area (Å²) in [5, 5.41) is -0.167. The lowest BCUT2D eigenvalue weighted by molar-refractivity contribution is -0.143. The number of nitrogens with zero attached hydrogens (tertiary/aromatic N) is 2. The fourth-order valence-corrected chi connectivity index (χ4v) is 3.54. The molecule has 4 amide bonds. The van der Waals surface area contributed by atoms with E-state index in [-0.39, 0.29) is 21.2 Å². The number of urea groups is 1. The van der Waals surface area contributed by atoms with Crippen LogP contribution < -0.4 is 0 Å². The second kappa shape index (κ2) is 9.23. The van der Waals surface area contributed by atoms with E-state index in [4.69, 9.17) is 23.2 Å². The smallest absolute Gasteiger partial charge is 0.274 e. The van der Waals surface area contributed by atoms with Crippen LogP contribution in [-0.2, 0) is 9.59 Å². The molecule has 0 unspecified atom stereocenters. The minimum absolute atomic E-state index is 0.0835. The minimum atomic E-state index is -2.00. The van der Waals surface area contributed by atoms with Crippen LogP contribution in [0.2, 0.25) is 10.0 Å². The number of benzene rings is 2. The van der Waals surface area contributed by atoms with Gasteiger partial charge in [0.1, 0.15) is 30.4 Å². The Morgan fingerprint density at radius 2 is 1.13 bits per heavy atom. The first-order chi connectivity index (χ1) is 14.5. The Balaban J connectivity index is 1.77. The summed E-state index contributed by atoms with van der Waals surface area (Å²) in [6.07, 6.45) is -4.79. The molecular formula is C20H14Cl2F4N2O3. The van der Waals surface area contributed by atoms with Crippen molar-refractivity contribution in [3.8, 4) is 0 Å². The van der Waals surface area contributed by atoms with Gasteiger partial charge in [0, 0.05) is 10.0 Å². The molecule has 1 fully saturated rings. The van der Waals surface area contributed by atoms with Crippen molar-refractivity contribution in [2.75, 3.05) is 13.1 Å². The third-order valence-electron chi connectivity index (χ3n) is 4.55. The summed E-state index contributed by atoms with van der Waals surface area (Å²) in [5.74, 6) is -3.60. The van der Waals surface area contributed by atoms with Crippen LogP contribution in [0.25, 0.3) is 0 Å².